The van der Waals surface area contributed by atoms with Crippen molar-refractivity contribution < 1.29 is 14.6 Å². The molecular formula is C26H35N3O5Si. The Labute approximate surface area is 206 Å². The molecule has 1 unspecified atom stereocenters. The van der Waals surface area contributed by atoms with E-state index in [-0.39, 0.29) is 23.8 Å². The topological polar surface area (TPSA) is 95.6 Å². The summed E-state index contributed by atoms with van der Waals surface area (Å²) in [5.74, 6) is 1.38. The van der Waals surface area contributed by atoms with E-state index in [2.05, 4.69) is 25.9 Å². The van der Waals surface area contributed by atoms with Gasteiger partial charge in [0.15, 0.2) is 5.69 Å². The number of methoxy groups -OCH3 is 2. The van der Waals surface area contributed by atoms with Crippen LogP contribution in [0.15, 0.2) is 58.1 Å². The van der Waals surface area contributed by atoms with Crippen molar-refractivity contribution in [1.82, 2.24) is 14.3 Å². The molecule has 1 atom stereocenters. The molecule has 0 radical (unpaired) electrons. The zero-order valence-electron chi connectivity index (χ0n) is 21.5. The second-order valence-electron chi connectivity index (χ2n) is 10.3. The Morgan fingerprint density at radius 2 is 1.34 bits per heavy atom. The van der Waals surface area contributed by atoms with Crippen molar-refractivity contribution in [2.45, 2.75) is 57.7 Å². The molecule has 3 aromatic rings. The summed E-state index contributed by atoms with van der Waals surface area (Å²) in [6.07, 6.45) is 0. The minimum absolute atomic E-state index is 0.0122. The van der Waals surface area contributed by atoms with E-state index in [4.69, 9.17) is 9.47 Å². The van der Waals surface area contributed by atoms with Crippen molar-refractivity contribution in [2.75, 3.05) is 14.2 Å². The van der Waals surface area contributed by atoms with Gasteiger partial charge in [0, 0.05) is 0 Å². The highest BCUT2D eigenvalue weighted by molar-refractivity contribution is 6.80. The van der Waals surface area contributed by atoms with Gasteiger partial charge in [-0.3, -0.25) is 9.36 Å². The summed E-state index contributed by atoms with van der Waals surface area (Å²) in [5, 5.41) is 15.6. The summed E-state index contributed by atoms with van der Waals surface area (Å²) in [6, 6.07) is 14.5. The summed E-state index contributed by atoms with van der Waals surface area (Å²) in [6.45, 7) is 10.5. The van der Waals surface area contributed by atoms with Gasteiger partial charge in [0.25, 0.3) is 5.56 Å². The molecule has 8 nitrogen and oxygen atoms in total. The van der Waals surface area contributed by atoms with Gasteiger partial charge >= 0.3 is 5.69 Å². The van der Waals surface area contributed by atoms with Crippen LogP contribution in [0.1, 0.15) is 43.3 Å². The lowest BCUT2D eigenvalue weighted by Gasteiger charge is -2.40. The number of ether oxygens (including phenoxy) is 2. The number of nitrogens with zero attached hydrogens (tertiary/aromatic N) is 3. The Balaban J connectivity index is 2.14. The maximum absolute atomic E-state index is 13.5. The number of hydrogen-bond donors (Lipinski definition) is 1. The van der Waals surface area contributed by atoms with Gasteiger partial charge in [-0.15, -0.1) is 0 Å². The molecular weight excluding hydrogens is 462 g/mol. The number of hydrogen-bond acceptors (Lipinski definition) is 6. The van der Waals surface area contributed by atoms with Crippen LogP contribution in [0.25, 0.3) is 0 Å². The van der Waals surface area contributed by atoms with Gasteiger partial charge in [-0.1, -0.05) is 58.1 Å². The zero-order chi connectivity index (χ0) is 26.0. The Kier molecular flexibility index (Phi) is 7.71. The molecule has 1 N–H and O–H groups in total. The van der Waals surface area contributed by atoms with Crippen LogP contribution >= 0.6 is 0 Å². The molecule has 1 aromatic heterocycles. The van der Waals surface area contributed by atoms with Crippen molar-refractivity contribution in [3.05, 3.63) is 86.2 Å². The standard InChI is InChI=1S/C26H35N3O5Si/c1-26(2,3)35(6,7)24(31)22-23(30)28(16-18-8-12-20(33-4)13-9-18)25(32)29(27-22)17-19-10-14-21(34-5)15-11-19/h8-15,24,31H,16-17H2,1-7H3. The zero-order valence-corrected chi connectivity index (χ0v) is 22.5. The molecule has 0 bridgehead atoms. The van der Waals surface area contributed by atoms with Gasteiger partial charge in [-0.05, 0) is 40.4 Å². The molecule has 0 aliphatic heterocycles. The SMILES string of the molecule is COc1ccc(Cn2nc(C(O)[Si](C)(C)C(C)(C)C)c(=O)n(Cc3ccc(OC)cc3)c2=O)cc1. The fourth-order valence-electron chi connectivity index (χ4n) is 3.56. The highest BCUT2D eigenvalue weighted by Gasteiger charge is 2.44. The first-order valence-corrected chi connectivity index (χ1v) is 14.6. The first-order chi connectivity index (χ1) is 16.4. The van der Waals surface area contributed by atoms with Crippen LogP contribution in [-0.2, 0) is 13.1 Å². The minimum Gasteiger partial charge on any atom is -0.497 e. The average molecular weight is 498 g/mol. The van der Waals surface area contributed by atoms with Gasteiger partial charge < -0.3 is 14.6 Å². The molecule has 35 heavy (non-hydrogen) atoms. The molecule has 3 rings (SSSR count). The maximum atomic E-state index is 13.5. The fraction of sp³-hybridized carbons (Fsp3) is 0.423. The maximum Gasteiger partial charge on any atom is 0.348 e. The van der Waals surface area contributed by atoms with Crippen molar-refractivity contribution in [3.8, 4) is 11.5 Å². The molecule has 188 valence electrons. The lowest BCUT2D eigenvalue weighted by atomic mass is 10.2. The highest BCUT2D eigenvalue weighted by Crippen LogP contribution is 2.42. The third-order valence-electron chi connectivity index (χ3n) is 7.01. The molecule has 0 saturated carbocycles. The third-order valence-corrected chi connectivity index (χ3v) is 12.5. The molecule has 1 heterocycles. The van der Waals surface area contributed by atoms with E-state index in [1.807, 2.05) is 37.4 Å². The second-order valence-corrected chi connectivity index (χ2v) is 15.8. The van der Waals surface area contributed by atoms with Gasteiger partial charge in [-0.25, -0.2) is 9.48 Å². The van der Waals surface area contributed by atoms with Crippen molar-refractivity contribution in [1.29, 1.82) is 0 Å². The molecule has 9 heteroatoms. The Morgan fingerprint density at radius 3 is 1.77 bits per heavy atom. The summed E-state index contributed by atoms with van der Waals surface area (Å²) in [7, 11) is 0.745. The van der Waals surface area contributed by atoms with E-state index in [0.717, 1.165) is 15.7 Å². The first-order valence-electron chi connectivity index (χ1n) is 11.5. The van der Waals surface area contributed by atoms with Crippen molar-refractivity contribution >= 4 is 8.07 Å². The number of aliphatic hydroxyl groups excluding tert-OH is 1. The fourth-order valence-corrected chi connectivity index (χ4v) is 5.25. The summed E-state index contributed by atoms with van der Waals surface area (Å²) >= 11 is 0. The number of benzene rings is 2. The molecule has 2 aromatic carbocycles. The third kappa shape index (κ3) is 5.57. The Hall–Kier alpha value is -3.17. The molecule has 0 aliphatic rings. The van der Waals surface area contributed by atoms with Crippen LogP contribution in [0.2, 0.25) is 18.1 Å². The predicted molar refractivity (Wildman–Crippen MR) is 139 cm³/mol. The lowest BCUT2D eigenvalue weighted by Crippen LogP contribution is -2.50. The van der Waals surface area contributed by atoms with Crippen LogP contribution < -0.4 is 20.7 Å². The number of aromatic nitrogens is 3. The van der Waals surface area contributed by atoms with Gasteiger partial charge in [0.05, 0.1) is 41.1 Å². The first kappa shape index (κ1) is 26.4. The minimum atomic E-state index is -2.42. The van der Waals surface area contributed by atoms with Crippen molar-refractivity contribution in [2.24, 2.45) is 0 Å². The summed E-state index contributed by atoms with van der Waals surface area (Å²) in [5.41, 5.74) is -0.539. The monoisotopic (exact) mass is 497 g/mol. The molecule has 0 saturated heterocycles. The van der Waals surface area contributed by atoms with Crippen LogP contribution in [0.3, 0.4) is 0 Å². The molecule has 0 amide bonds. The molecule has 0 aliphatic carbocycles. The van der Waals surface area contributed by atoms with E-state index in [1.165, 1.54) is 4.68 Å². The van der Waals surface area contributed by atoms with Crippen LogP contribution in [0.5, 0.6) is 11.5 Å². The predicted octanol–water partition coefficient (Wildman–Crippen LogP) is 3.60. The van der Waals surface area contributed by atoms with Gasteiger partial charge in [-0.2, -0.15) is 5.10 Å². The normalized spacial score (nSPS) is 12.9. The van der Waals surface area contributed by atoms with E-state index in [0.29, 0.717) is 11.5 Å². The number of aliphatic hydroxyl groups is 1. The largest absolute Gasteiger partial charge is 0.497 e. The highest BCUT2D eigenvalue weighted by atomic mass is 28.3. The quantitative estimate of drug-likeness (QED) is 0.478. The smallest absolute Gasteiger partial charge is 0.348 e. The Morgan fingerprint density at radius 1 is 0.886 bits per heavy atom. The second kappa shape index (κ2) is 10.2. The summed E-state index contributed by atoms with van der Waals surface area (Å²) < 4.78 is 12.8. The van der Waals surface area contributed by atoms with Gasteiger partial charge in [0.2, 0.25) is 0 Å². The van der Waals surface area contributed by atoms with Crippen LogP contribution in [0, 0.1) is 0 Å². The van der Waals surface area contributed by atoms with E-state index >= 15 is 0 Å². The Bertz CT molecular complexity index is 1270. The van der Waals surface area contributed by atoms with Gasteiger partial charge in [0.1, 0.15) is 11.5 Å². The molecule has 0 fully saturated rings. The van der Waals surface area contributed by atoms with Crippen LogP contribution in [0.4, 0.5) is 0 Å². The van der Waals surface area contributed by atoms with E-state index in [9.17, 15) is 14.7 Å². The average Bonchev–Trinajstić information content (AvgIpc) is 2.83. The van der Waals surface area contributed by atoms with Crippen LogP contribution in [-0.4, -0.2) is 41.7 Å². The molecule has 0 spiro atoms. The van der Waals surface area contributed by atoms with E-state index < -0.39 is 25.1 Å². The van der Waals surface area contributed by atoms with E-state index in [1.54, 1.807) is 38.5 Å². The van der Waals surface area contributed by atoms with Crippen molar-refractivity contribution in [3.63, 3.8) is 0 Å². The lowest BCUT2D eigenvalue weighted by molar-refractivity contribution is 0.230. The summed E-state index contributed by atoms with van der Waals surface area (Å²) in [4.78, 5) is 26.9. The number of rotatable bonds is 8.